The molecule has 0 spiro atoms. The van der Waals surface area contributed by atoms with E-state index >= 15 is 0 Å². The van der Waals surface area contributed by atoms with Crippen LogP contribution >= 0.6 is 0 Å². The molecule has 3 aromatic heterocycles. The van der Waals surface area contributed by atoms with Gasteiger partial charge in [0.05, 0.1) is 6.33 Å². The lowest BCUT2D eigenvalue weighted by atomic mass is 10.3. The Morgan fingerprint density at radius 1 is 1.03 bits per heavy atom. The fourth-order valence-corrected chi connectivity index (χ4v) is 3.38. The molecule has 3 heterocycles. The maximum Gasteiger partial charge on any atom is 0.259 e. The first kappa shape index (κ1) is 20.7. The highest BCUT2D eigenvalue weighted by atomic mass is 32.2. The highest BCUT2D eigenvalue weighted by Crippen LogP contribution is 2.13. The molecule has 3 rings (SSSR count). The minimum Gasteiger partial charge on any atom is -0.367 e. The Hall–Kier alpha value is -3.05. The minimum atomic E-state index is -3.65. The van der Waals surface area contributed by atoms with Crippen LogP contribution < -0.4 is 15.4 Å². The second kappa shape index (κ2) is 8.97. The Kier molecular flexibility index (Phi) is 6.39. The van der Waals surface area contributed by atoms with Gasteiger partial charge in [-0.2, -0.15) is 0 Å². The van der Waals surface area contributed by atoms with Crippen LogP contribution in [0.15, 0.2) is 48.0 Å². The summed E-state index contributed by atoms with van der Waals surface area (Å²) in [6, 6.07) is 7.48. The van der Waals surface area contributed by atoms with Gasteiger partial charge in [0.1, 0.15) is 11.6 Å². The summed E-state index contributed by atoms with van der Waals surface area (Å²) in [4.78, 5) is 8.16. The van der Waals surface area contributed by atoms with Crippen molar-refractivity contribution in [3.05, 3.63) is 48.5 Å². The molecule has 0 aromatic carbocycles. The number of anilines is 3. The lowest BCUT2D eigenvalue weighted by molar-refractivity contribution is 0.577. The van der Waals surface area contributed by atoms with E-state index in [-0.39, 0.29) is 17.6 Å². The van der Waals surface area contributed by atoms with Crippen molar-refractivity contribution in [2.24, 2.45) is 0 Å². The van der Waals surface area contributed by atoms with Gasteiger partial charge in [0.2, 0.25) is 0 Å². The summed E-state index contributed by atoms with van der Waals surface area (Å²) in [7, 11) is -3.65. The summed E-state index contributed by atoms with van der Waals surface area (Å²) in [6.45, 7) is 6.43. The monoisotopic (exact) mass is 416 g/mol. The van der Waals surface area contributed by atoms with Crippen molar-refractivity contribution < 1.29 is 8.42 Å². The van der Waals surface area contributed by atoms with Crippen molar-refractivity contribution in [3.63, 3.8) is 0 Å². The molecule has 0 aliphatic carbocycles. The molecule has 3 aromatic rings. The van der Waals surface area contributed by atoms with Crippen molar-refractivity contribution in [1.82, 2.24) is 29.5 Å². The molecule has 11 heteroatoms. The van der Waals surface area contributed by atoms with E-state index in [1.807, 2.05) is 32.9 Å². The van der Waals surface area contributed by atoms with Gasteiger partial charge in [0.15, 0.2) is 10.8 Å². The van der Waals surface area contributed by atoms with E-state index < -0.39 is 10.0 Å². The second-order valence-electron chi connectivity index (χ2n) is 6.72. The van der Waals surface area contributed by atoms with E-state index in [0.717, 1.165) is 5.56 Å². The summed E-state index contributed by atoms with van der Waals surface area (Å²) in [5.74, 6) is 1.79. The number of rotatable bonds is 9. The van der Waals surface area contributed by atoms with E-state index in [4.69, 9.17) is 0 Å². The molecule has 0 fully saturated rings. The standard InChI is InChI=1S/C18H24N8O2S/c1-13(2)26-11-18(21-12-26)29(27,28)22-9-8-20-15-4-5-16(25-24-15)23-17-10-14(3)6-7-19-17/h4-7,10-13,22H,8-9H2,1-3H3,(H,20,24)(H,19,23,25). The Labute approximate surface area is 169 Å². The fraction of sp³-hybridized carbons (Fsp3) is 0.333. The molecule has 0 aliphatic heterocycles. The highest BCUT2D eigenvalue weighted by molar-refractivity contribution is 7.89. The third-order valence-corrected chi connectivity index (χ3v) is 5.35. The summed E-state index contributed by atoms with van der Waals surface area (Å²) in [5, 5.41) is 14.3. The van der Waals surface area contributed by atoms with Gasteiger partial charge in [0.25, 0.3) is 10.0 Å². The first-order chi connectivity index (χ1) is 13.8. The van der Waals surface area contributed by atoms with Gasteiger partial charge in [-0.25, -0.2) is 23.1 Å². The Bertz CT molecular complexity index is 1050. The number of nitrogens with zero attached hydrogens (tertiary/aromatic N) is 5. The van der Waals surface area contributed by atoms with E-state index in [2.05, 4.69) is 35.5 Å². The molecule has 0 saturated carbocycles. The molecule has 0 saturated heterocycles. The van der Waals surface area contributed by atoms with Gasteiger partial charge in [-0.15, -0.1) is 10.2 Å². The molecule has 0 aliphatic rings. The van der Waals surface area contributed by atoms with E-state index in [0.29, 0.717) is 24.0 Å². The molecule has 0 atom stereocenters. The number of pyridine rings is 1. The average Bonchev–Trinajstić information content (AvgIpc) is 3.18. The van der Waals surface area contributed by atoms with Crippen molar-refractivity contribution in [2.45, 2.75) is 31.8 Å². The predicted molar refractivity (Wildman–Crippen MR) is 111 cm³/mol. The molecule has 0 radical (unpaired) electrons. The van der Waals surface area contributed by atoms with Crippen LogP contribution in [0, 0.1) is 6.92 Å². The number of hydrogen-bond donors (Lipinski definition) is 3. The van der Waals surface area contributed by atoms with E-state index in [9.17, 15) is 8.42 Å². The lowest BCUT2D eigenvalue weighted by Gasteiger charge is -2.08. The Balaban J connectivity index is 1.47. The molecule has 0 amide bonds. The first-order valence-electron chi connectivity index (χ1n) is 9.14. The zero-order chi connectivity index (χ0) is 20.9. The summed E-state index contributed by atoms with van der Waals surface area (Å²) < 4.78 is 28.8. The molecule has 29 heavy (non-hydrogen) atoms. The second-order valence-corrected chi connectivity index (χ2v) is 8.44. The molecule has 3 N–H and O–H groups in total. The van der Waals surface area contributed by atoms with Crippen LogP contribution in [0.4, 0.5) is 17.5 Å². The fourth-order valence-electron chi connectivity index (χ4n) is 2.42. The number of nitrogens with one attached hydrogen (secondary N) is 3. The normalized spacial score (nSPS) is 11.6. The number of aryl methyl sites for hydroxylation is 1. The third kappa shape index (κ3) is 5.72. The van der Waals surface area contributed by atoms with Gasteiger partial charge in [-0.1, -0.05) is 0 Å². The summed E-state index contributed by atoms with van der Waals surface area (Å²) in [6.07, 6.45) is 4.74. The molecular weight excluding hydrogens is 392 g/mol. The van der Waals surface area contributed by atoms with Crippen molar-refractivity contribution in [3.8, 4) is 0 Å². The number of sulfonamides is 1. The topological polar surface area (TPSA) is 127 Å². The van der Waals surface area contributed by atoms with Gasteiger partial charge >= 0.3 is 0 Å². The third-order valence-electron chi connectivity index (χ3n) is 4.01. The maximum absolute atomic E-state index is 12.3. The van der Waals surface area contributed by atoms with E-state index in [1.165, 1.54) is 12.5 Å². The van der Waals surface area contributed by atoms with Gasteiger partial charge in [-0.3, -0.25) is 0 Å². The van der Waals surface area contributed by atoms with Crippen LogP contribution in [-0.2, 0) is 10.0 Å². The number of imidazole rings is 1. The predicted octanol–water partition coefficient (Wildman–Crippen LogP) is 2.09. The summed E-state index contributed by atoms with van der Waals surface area (Å²) in [5.41, 5.74) is 1.09. The van der Waals surface area contributed by atoms with Gasteiger partial charge < -0.3 is 15.2 Å². The summed E-state index contributed by atoms with van der Waals surface area (Å²) >= 11 is 0. The number of aromatic nitrogens is 5. The highest BCUT2D eigenvalue weighted by Gasteiger charge is 2.17. The molecule has 154 valence electrons. The van der Waals surface area contributed by atoms with Crippen molar-refractivity contribution >= 4 is 27.5 Å². The first-order valence-corrected chi connectivity index (χ1v) is 10.6. The van der Waals surface area contributed by atoms with Crippen LogP contribution in [-0.4, -0.2) is 46.2 Å². The van der Waals surface area contributed by atoms with Crippen molar-refractivity contribution in [1.29, 1.82) is 0 Å². The Morgan fingerprint density at radius 2 is 1.79 bits per heavy atom. The SMILES string of the molecule is Cc1ccnc(Nc2ccc(NCCNS(=O)(=O)c3cn(C(C)C)cn3)nn2)c1. The molecular formula is C18H24N8O2S. The smallest absolute Gasteiger partial charge is 0.259 e. The van der Waals surface area contributed by atoms with Crippen LogP contribution in [0.3, 0.4) is 0 Å². The molecule has 0 bridgehead atoms. The van der Waals surface area contributed by atoms with Gasteiger partial charge in [0, 0.05) is 31.5 Å². The van der Waals surface area contributed by atoms with Crippen LogP contribution in [0.25, 0.3) is 0 Å². The number of hydrogen-bond acceptors (Lipinski definition) is 8. The maximum atomic E-state index is 12.3. The van der Waals surface area contributed by atoms with Crippen LogP contribution in [0.2, 0.25) is 0 Å². The Morgan fingerprint density at radius 3 is 2.45 bits per heavy atom. The zero-order valence-corrected chi connectivity index (χ0v) is 17.3. The van der Waals surface area contributed by atoms with Crippen molar-refractivity contribution in [2.75, 3.05) is 23.7 Å². The zero-order valence-electron chi connectivity index (χ0n) is 16.5. The molecule has 10 nitrogen and oxygen atoms in total. The van der Waals surface area contributed by atoms with Crippen LogP contribution in [0.5, 0.6) is 0 Å². The van der Waals surface area contributed by atoms with Crippen LogP contribution in [0.1, 0.15) is 25.5 Å². The van der Waals surface area contributed by atoms with Gasteiger partial charge in [-0.05, 0) is 50.6 Å². The average molecular weight is 417 g/mol. The minimum absolute atomic E-state index is 0.00572. The quantitative estimate of drug-likeness (QED) is 0.453. The largest absolute Gasteiger partial charge is 0.367 e. The van der Waals surface area contributed by atoms with E-state index in [1.54, 1.807) is 22.9 Å². The molecule has 0 unspecified atom stereocenters. The lowest BCUT2D eigenvalue weighted by Crippen LogP contribution is -2.29.